The predicted molar refractivity (Wildman–Crippen MR) is 129 cm³/mol. The molecule has 0 fully saturated rings. The zero-order chi connectivity index (χ0) is 25.1. The zero-order valence-corrected chi connectivity index (χ0v) is 18.9. The van der Waals surface area contributed by atoms with E-state index in [1.165, 1.54) is 24.3 Å². The third kappa shape index (κ3) is 4.65. The Morgan fingerprint density at radius 3 is 2.43 bits per heavy atom. The quantitative estimate of drug-likeness (QED) is 0.243. The number of ether oxygens (including phenoxy) is 1. The van der Waals surface area contributed by atoms with Crippen molar-refractivity contribution in [2.24, 2.45) is 0 Å². The standard InChI is InChI=1S/C26H20N2O7/c1-15-8-6-13-20(28(32)33)22(15)27-21(29)14-34-26(31)19-12-7-11-18-23(30)16(2)24(35-25(18)19)17-9-4-3-5-10-17/h3-13H,14H2,1-2H3,(H,27,29). The highest BCUT2D eigenvalue weighted by Crippen LogP contribution is 2.29. The average molecular weight is 472 g/mol. The number of anilines is 1. The van der Waals surface area contributed by atoms with E-state index >= 15 is 0 Å². The molecule has 1 aromatic heterocycles. The minimum Gasteiger partial charge on any atom is -0.455 e. The molecule has 4 rings (SSSR count). The number of nitro groups is 1. The summed E-state index contributed by atoms with van der Waals surface area (Å²) in [5.41, 5.74) is 1.04. The Kier molecular flexibility index (Phi) is 6.41. The summed E-state index contributed by atoms with van der Waals surface area (Å²) in [5.74, 6) is -1.30. The third-order valence-corrected chi connectivity index (χ3v) is 5.45. The van der Waals surface area contributed by atoms with E-state index in [4.69, 9.17) is 9.15 Å². The monoisotopic (exact) mass is 472 g/mol. The molecule has 3 aromatic carbocycles. The number of para-hydroxylation sites is 2. The van der Waals surface area contributed by atoms with Crippen LogP contribution in [0.3, 0.4) is 0 Å². The first kappa shape index (κ1) is 23.4. The number of esters is 1. The van der Waals surface area contributed by atoms with E-state index in [1.54, 1.807) is 50.2 Å². The van der Waals surface area contributed by atoms with Crippen LogP contribution in [0.25, 0.3) is 22.3 Å². The van der Waals surface area contributed by atoms with Gasteiger partial charge in [-0.1, -0.05) is 48.5 Å². The molecule has 1 heterocycles. The zero-order valence-electron chi connectivity index (χ0n) is 18.9. The molecule has 0 radical (unpaired) electrons. The first-order chi connectivity index (χ1) is 16.8. The lowest BCUT2D eigenvalue weighted by atomic mass is 10.0. The Bertz CT molecular complexity index is 1520. The van der Waals surface area contributed by atoms with E-state index < -0.39 is 23.4 Å². The summed E-state index contributed by atoms with van der Waals surface area (Å²) in [5, 5.41) is 13.9. The molecular weight excluding hydrogens is 452 g/mol. The van der Waals surface area contributed by atoms with Gasteiger partial charge in [0.2, 0.25) is 0 Å². The van der Waals surface area contributed by atoms with Gasteiger partial charge in [-0.15, -0.1) is 0 Å². The summed E-state index contributed by atoms with van der Waals surface area (Å²) >= 11 is 0. The van der Waals surface area contributed by atoms with Gasteiger partial charge >= 0.3 is 5.97 Å². The molecule has 0 unspecified atom stereocenters. The van der Waals surface area contributed by atoms with E-state index in [1.807, 2.05) is 6.07 Å². The molecule has 0 bridgehead atoms. The molecule has 0 aliphatic rings. The van der Waals surface area contributed by atoms with Crippen LogP contribution in [0.5, 0.6) is 0 Å². The molecule has 35 heavy (non-hydrogen) atoms. The smallest absolute Gasteiger partial charge is 0.342 e. The van der Waals surface area contributed by atoms with Crippen molar-refractivity contribution >= 4 is 34.2 Å². The molecule has 0 aliphatic carbocycles. The van der Waals surface area contributed by atoms with Gasteiger partial charge in [0.15, 0.2) is 17.6 Å². The van der Waals surface area contributed by atoms with Crippen LogP contribution >= 0.6 is 0 Å². The highest BCUT2D eigenvalue weighted by Gasteiger charge is 2.21. The number of benzene rings is 3. The molecule has 9 heteroatoms. The SMILES string of the molecule is Cc1cccc([N+](=O)[O-])c1NC(=O)COC(=O)c1cccc2c(=O)c(C)c(-c3ccccc3)oc12. The second kappa shape index (κ2) is 9.60. The predicted octanol–water partition coefficient (Wildman–Crippen LogP) is 4.78. The van der Waals surface area contributed by atoms with Gasteiger partial charge in [0.05, 0.1) is 10.3 Å². The van der Waals surface area contributed by atoms with E-state index in [-0.39, 0.29) is 33.3 Å². The molecular formula is C26H20N2O7. The lowest BCUT2D eigenvalue weighted by molar-refractivity contribution is -0.384. The van der Waals surface area contributed by atoms with Crippen molar-refractivity contribution < 1.29 is 23.7 Å². The Morgan fingerprint density at radius 2 is 1.71 bits per heavy atom. The van der Waals surface area contributed by atoms with Gasteiger partial charge in [-0.05, 0) is 31.5 Å². The molecule has 0 atom stereocenters. The minimum atomic E-state index is -0.879. The van der Waals surface area contributed by atoms with Crippen LogP contribution < -0.4 is 10.7 Å². The normalized spacial score (nSPS) is 10.7. The number of fused-ring (bicyclic) bond motifs is 1. The van der Waals surface area contributed by atoms with Gasteiger partial charge in [-0.3, -0.25) is 19.7 Å². The Morgan fingerprint density at radius 1 is 1.00 bits per heavy atom. The van der Waals surface area contributed by atoms with Gasteiger partial charge in [0.25, 0.3) is 11.6 Å². The van der Waals surface area contributed by atoms with Crippen LogP contribution in [-0.2, 0) is 9.53 Å². The fourth-order valence-corrected chi connectivity index (χ4v) is 3.69. The maximum Gasteiger partial charge on any atom is 0.342 e. The Balaban J connectivity index is 1.60. The van der Waals surface area contributed by atoms with Crippen molar-refractivity contribution in [2.45, 2.75) is 13.8 Å². The largest absolute Gasteiger partial charge is 0.455 e. The number of hydrogen-bond donors (Lipinski definition) is 1. The van der Waals surface area contributed by atoms with E-state index in [0.717, 1.165) is 0 Å². The van der Waals surface area contributed by atoms with Crippen LogP contribution in [0, 0.1) is 24.0 Å². The number of aryl methyl sites for hydroxylation is 1. The summed E-state index contributed by atoms with van der Waals surface area (Å²) in [6.07, 6.45) is 0. The lowest BCUT2D eigenvalue weighted by Crippen LogP contribution is -2.22. The van der Waals surface area contributed by atoms with Gasteiger partial charge in [-0.2, -0.15) is 0 Å². The number of nitrogens with zero attached hydrogens (tertiary/aromatic N) is 1. The van der Waals surface area contributed by atoms with Gasteiger partial charge in [0, 0.05) is 17.2 Å². The Labute approximate surface area is 199 Å². The summed E-state index contributed by atoms with van der Waals surface area (Å²) in [6.45, 7) is 2.56. The number of amides is 1. The number of carbonyl (C=O) groups excluding carboxylic acids is 2. The van der Waals surface area contributed by atoms with Gasteiger partial charge in [-0.25, -0.2) is 4.79 Å². The summed E-state index contributed by atoms with van der Waals surface area (Å²) in [6, 6.07) is 17.9. The summed E-state index contributed by atoms with van der Waals surface area (Å²) < 4.78 is 11.1. The first-order valence-electron chi connectivity index (χ1n) is 10.6. The number of nitro benzene ring substituents is 1. The van der Waals surface area contributed by atoms with Crippen molar-refractivity contribution in [3.8, 4) is 11.3 Å². The number of rotatable bonds is 6. The fraction of sp³-hybridized carbons (Fsp3) is 0.115. The van der Waals surface area contributed by atoms with Crippen LogP contribution in [0.2, 0.25) is 0 Å². The molecule has 1 amide bonds. The first-order valence-corrected chi connectivity index (χ1v) is 10.6. The van der Waals surface area contributed by atoms with E-state index in [2.05, 4.69) is 5.32 Å². The highest BCUT2D eigenvalue weighted by atomic mass is 16.6. The maximum absolute atomic E-state index is 13.0. The number of nitrogens with one attached hydrogen (secondary N) is 1. The third-order valence-electron chi connectivity index (χ3n) is 5.45. The van der Waals surface area contributed by atoms with Crippen LogP contribution in [0.15, 0.2) is 75.9 Å². The van der Waals surface area contributed by atoms with E-state index in [0.29, 0.717) is 22.5 Å². The van der Waals surface area contributed by atoms with E-state index in [9.17, 15) is 24.5 Å². The minimum absolute atomic E-state index is 0.0218. The summed E-state index contributed by atoms with van der Waals surface area (Å²) in [4.78, 5) is 48.8. The molecule has 9 nitrogen and oxygen atoms in total. The summed E-state index contributed by atoms with van der Waals surface area (Å²) in [7, 11) is 0. The second-order valence-electron chi connectivity index (χ2n) is 7.78. The van der Waals surface area contributed by atoms with Crippen molar-refractivity contribution in [1.82, 2.24) is 0 Å². The van der Waals surface area contributed by atoms with Crippen LogP contribution in [-0.4, -0.2) is 23.4 Å². The number of carbonyl (C=O) groups is 2. The number of hydrogen-bond acceptors (Lipinski definition) is 7. The topological polar surface area (TPSA) is 129 Å². The fourth-order valence-electron chi connectivity index (χ4n) is 3.69. The molecule has 0 aliphatic heterocycles. The Hall–Kier alpha value is -4.79. The molecule has 0 saturated carbocycles. The molecule has 0 spiro atoms. The van der Waals surface area contributed by atoms with Crippen molar-refractivity contribution in [3.05, 3.63) is 104 Å². The van der Waals surface area contributed by atoms with Crippen molar-refractivity contribution in [2.75, 3.05) is 11.9 Å². The highest BCUT2D eigenvalue weighted by molar-refractivity contribution is 6.03. The van der Waals surface area contributed by atoms with Crippen molar-refractivity contribution in [1.29, 1.82) is 0 Å². The van der Waals surface area contributed by atoms with Crippen LogP contribution in [0.4, 0.5) is 11.4 Å². The molecule has 176 valence electrons. The lowest BCUT2D eigenvalue weighted by Gasteiger charge is -2.11. The van der Waals surface area contributed by atoms with Gasteiger partial charge in [0.1, 0.15) is 17.0 Å². The molecule has 0 saturated heterocycles. The maximum atomic E-state index is 13.0. The van der Waals surface area contributed by atoms with Gasteiger partial charge < -0.3 is 14.5 Å². The van der Waals surface area contributed by atoms with Crippen LogP contribution in [0.1, 0.15) is 21.5 Å². The molecule has 1 N–H and O–H groups in total. The second-order valence-corrected chi connectivity index (χ2v) is 7.78. The average Bonchev–Trinajstić information content (AvgIpc) is 2.86. The molecule has 4 aromatic rings. The van der Waals surface area contributed by atoms with Crippen molar-refractivity contribution in [3.63, 3.8) is 0 Å².